The van der Waals surface area contributed by atoms with Crippen LogP contribution in [-0.2, 0) is 17.1 Å². The highest BCUT2D eigenvalue weighted by Gasteiger charge is 2.29. The predicted molar refractivity (Wildman–Crippen MR) is 73.3 cm³/mol. The van der Waals surface area contributed by atoms with Gasteiger partial charge in [0.25, 0.3) is 10.0 Å². The Hall–Kier alpha value is -0.920. The molecule has 1 fully saturated rings. The van der Waals surface area contributed by atoms with Crippen molar-refractivity contribution in [3.05, 3.63) is 12.0 Å². The molecule has 6 nitrogen and oxygen atoms in total. The Kier molecular flexibility index (Phi) is 3.98. The van der Waals surface area contributed by atoms with Gasteiger partial charge < -0.3 is 9.88 Å². The molecule has 2 N–H and O–H groups in total. The lowest BCUT2D eigenvalue weighted by atomic mass is 9.81. The van der Waals surface area contributed by atoms with Gasteiger partial charge in [0, 0.05) is 19.8 Å². The molecule has 1 aliphatic rings. The van der Waals surface area contributed by atoms with Crippen molar-refractivity contribution in [3.63, 3.8) is 0 Å². The average molecular weight is 286 g/mol. The van der Waals surface area contributed by atoms with Crippen molar-refractivity contribution >= 4 is 10.0 Å². The summed E-state index contributed by atoms with van der Waals surface area (Å²) in [6, 6.07) is 0. The zero-order valence-corrected chi connectivity index (χ0v) is 12.5. The summed E-state index contributed by atoms with van der Waals surface area (Å²) in [6.07, 6.45) is 3.51. The molecule has 0 unspecified atom stereocenters. The molecule has 0 radical (unpaired) electrons. The van der Waals surface area contributed by atoms with Crippen LogP contribution in [0, 0.1) is 12.3 Å². The Bertz CT molecular complexity index is 525. The van der Waals surface area contributed by atoms with E-state index < -0.39 is 10.0 Å². The van der Waals surface area contributed by atoms with Gasteiger partial charge in [-0.05, 0) is 38.3 Å². The van der Waals surface area contributed by atoms with Gasteiger partial charge in [-0.15, -0.1) is 0 Å². The second-order valence-corrected chi connectivity index (χ2v) is 7.34. The minimum absolute atomic E-state index is 0.0299. The largest absolute Gasteiger partial charge is 0.337 e. The minimum Gasteiger partial charge on any atom is -0.337 e. The van der Waals surface area contributed by atoms with Gasteiger partial charge in [-0.25, -0.2) is 18.1 Å². The smallest absolute Gasteiger partial charge is 0.259 e. The summed E-state index contributed by atoms with van der Waals surface area (Å²) in [6.45, 7) is 6.27. The molecule has 7 heteroatoms. The highest BCUT2D eigenvalue weighted by atomic mass is 32.2. The molecule has 2 rings (SSSR count). The number of aromatic nitrogens is 2. The van der Waals surface area contributed by atoms with Gasteiger partial charge in [-0.3, -0.25) is 0 Å². The minimum atomic E-state index is -3.50. The van der Waals surface area contributed by atoms with E-state index in [0.717, 1.165) is 25.9 Å². The molecule has 0 bridgehead atoms. The van der Waals surface area contributed by atoms with Crippen LogP contribution in [0.25, 0.3) is 0 Å². The molecule has 0 spiro atoms. The van der Waals surface area contributed by atoms with E-state index >= 15 is 0 Å². The monoisotopic (exact) mass is 286 g/mol. The quantitative estimate of drug-likeness (QED) is 0.840. The fourth-order valence-electron chi connectivity index (χ4n) is 2.21. The van der Waals surface area contributed by atoms with Crippen molar-refractivity contribution < 1.29 is 8.42 Å². The van der Waals surface area contributed by atoms with E-state index in [9.17, 15) is 8.42 Å². The van der Waals surface area contributed by atoms with E-state index in [0.29, 0.717) is 12.4 Å². The normalized spacial score (nSPS) is 19.5. The molecule has 0 aromatic carbocycles. The highest BCUT2D eigenvalue weighted by Crippen LogP contribution is 2.27. The molecule has 1 aromatic rings. The van der Waals surface area contributed by atoms with Crippen LogP contribution in [0.3, 0.4) is 0 Å². The number of nitrogens with zero attached hydrogens (tertiary/aromatic N) is 2. The summed E-state index contributed by atoms with van der Waals surface area (Å²) in [5.74, 6) is 0.688. The first kappa shape index (κ1) is 14.5. The first-order chi connectivity index (χ1) is 8.82. The Balaban J connectivity index is 2.05. The lowest BCUT2D eigenvalue weighted by molar-refractivity contribution is 0.232. The zero-order chi connectivity index (χ0) is 14.1. The van der Waals surface area contributed by atoms with E-state index in [-0.39, 0.29) is 10.4 Å². The Labute approximate surface area is 114 Å². The number of imidazole rings is 1. The Morgan fingerprint density at radius 1 is 1.47 bits per heavy atom. The number of aryl methyl sites for hydroxylation is 2. The summed E-state index contributed by atoms with van der Waals surface area (Å²) in [7, 11) is -1.71. The molecular formula is C12H22N4O2S. The lowest BCUT2D eigenvalue weighted by Crippen LogP contribution is -2.42. The molecule has 1 saturated heterocycles. The van der Waals surface area contributed by atoms with Crippen molar-refractivity contribution in [3.8, 4) is 0 Å². The second-order valence-electron chi connectivity index (χ2n) is 5.62. The van der Waals surface area contributed by atoms with Crippen molar-refractivity contribution in [1.29, 1.82) is 0 Å². The summed E-state index contributed by atoms with van der Waals surface area (Å²) < 4.78 is 28.8. The van der Waals surface area contributed by atoms with Crippen LogP contribution in [0.5, 0.6) is 0 Å². The molecule has 0 amide bonds. The molecule has 2 heterocycles. The Morgan fingerprint density at radius 3 is 2.63 bits per heavy atom. The van der Waals surface area contributed by atoms with Crippen LogP contribution in [0.4, 0.5) is 0 Å². The lowest BCUT2D eigenvalue weighted by Gasteiger charge is -2.33. The SMILES string of the molecule is Cc1nc(S(=O)(=O)NCC2(C)CCNCC2)cn1C. The van der Waals surface area contributed by atoms with Crippen molar-refractivity contribution in [1.82, 2.24) is 19.6 Å². The number of rotatable bonds is 4. The number of piperidine rings is 1. The predicted octanol–water partition coefficient (Wildman–Crippen LogP) is 0.397. The van der Waals surface area contributed by atoms with Crippen molar-refractivity contribution in [2.45, 2.75) is 31.7 Å². The van der Waals surface area contributed by atoms with Crippen LogP contribution >= 0.6 is 0 Å². The van der Waals surface area contributed by atoms with E-state index in [4.69, 9.17) is 0 Å². The zero-order valence-electron chi connectivity index (χ0n) is 11.7. The second kappa shape index (κ2) is 5.22. The number of hydrogen-bond acceptors (Lipinski definition) is 4. The maximum absolute atomic E-state index is 12.2. The maximum atomic E-state index is 12.2. The van der Waals surface area contributed by atoms with E-state index in [1.54, 1.807) is 24.7 Å². The molecule has 0 aliphatic carbocycles. The van der Waals surface area contributed by atoms with Crippen LogP contribution in [-0.4, -0.2) is 37.6 Å². The van der Waals surface area contributed by atoms with Gasteiger partial charge in [0.15, 0.2) is 5.03 Å². The van der Waals surface area contributed by atoms with Crippen molar-refractivity contribution in [2.24, 2.45) is 12.5 Å². The molecule has 19 heavy (non-hydrogen) atoms. The van der Waals surface area contributed by atoms with E-state index in [1.165, 1.54) is 0 Å². The highest BCUT2D eigenvalue weighted by molar-refractivity contribution is 7.89. The number of hydrogen-bond donors (Lipinski definition) is 2. The van der Waals surface area contributed by atoms with Crippen molar-refractivity contribution in [2.75, 3.05) is 19.6 Å². The summed E-state index contributed by atoms with van der Waals surface area (Å²) in [5.41, 5.74) is 0.0299. The average Bonchev–Trinajstić information content (AvgIpc) is 2.69. The molecule has 1 aromatic heterocycles. The van der Waals surface area contributed by atoms with Crippen LogP contribution in [0.15, 0.2) is 11.2 Å². The Morgan fingerprint density at radius 2 is 2.11 bits per heavy atom. The van der Waals surface area contributed by atoms with Crippen LogP contribution in [0.2, 0.25) is 0 Å². The third-order valence-electron chi connectivity index (χ3n) is 3.86. The fourth-order valence-corrected chi connectivity index (χ4v) is 3.44. The molecule has 1 aliphatic heterocycles. The topological polar surface area (TPSA) is 76.0 Å². The third-order valence-corrected chi connectivity index (χ3v) is 5.13. The first-order valence-electron chi connectivity index (χ1n) is 6.53. The fraction of sp³-hybridized carbons (Fsp3) is 0.750. The van der Waals surface area contributed by atoms with Crippen LogP contribution < -0.4 is 10.0 Å². The molecular weight excluding hydrogens is 264 g/mol. The van der Waals surface area contributed by atoms with Gasteiger partial charge in [0.05, 0.1) is 0 Å². The first-order valence-corrected chi connectivity index (χ1v) is 8.01. The number of sulfonamides is 1. The molecule has 0 saturated carbocycles. The van der Waals surface area contributed by atoms with E-state index in [2.05, 4.69) is 21.9 Å². The van der Waals surface area contributed by atoms with Gasteiger partial charge in [0.2, 0.25) is 0 Å². The summed E-state index contributed by atoms with van der Waals surface area (Å²) in [5, 5.41) is 3.39. The van der Waals surface area contributed by atoms with Gasteiger partial charge in [-0.1, -0.05) is 6.92 Å². The summed E-state index contributed by atoms with van der Waals surface area (Å²) in [4.78, 5) is 4.07. The van der Waals surface area contributed by atoms with Gasteiger partial charge in [-0.2, -0.15) is 0 Å². The van der Waals surface area contributed by atoms with Crippen LogP contribution in [0.1, 0.15) is 25.6 Å². The van der Waals surface area contributed by atoms with E-state index in [1.807, 2.05) is 0 Å². The maximum Gasteiger partial charge on any atom is 0.259 e. The van der Waals surface area contributed by atoms with Gasteiger partial charge in [0.1, 0.15) is 5.82 Å². The third kappa shape index (κ3) is 3.34. The molecule has 108 valence electrons. The van der Waals surface area contributed by atoms with Gasteiger partial charge >= 0.3 is 0 Å². The standard InChI is InChI=1S/C12H22N4O2S/c1-10-15-11(8-16(10)3)19(17,18)14-9-12(2)4-6-13-7-5-12/h8,13-14H,4-7,9H2,1-3H3. The molecule has 0 atom stereocenters. The summed E-state index contributed by atoms with van der Waals surface area (Å²) >= 11 is 0. The number of nitrogens with one attached hydrogen (secondary N) is 2.